The van der Waals surface area contributed by atoms with E-state index in [1.165, 1.54) is 80.0 Å². The molecule has 1 saturated heterocycles. The summed E-state index contributed by atoms with van der Waals surface area (Å²) in [5.41, 5.74) is 12.9. The molecule has 0 saturated carbocycles. The van der Waals surface area contributed by atoms with Crippen molar-refractivity contribution in [2.45, 2.75) is 159 Å². The summed E-state index contributed by atoms with van der Waals surface area (Å²) in [5, 5.41) is 0. The van der Waals surface area contributed by atoms with Crippen molar-refractivity contribution >= 4 is 42.0 Å². The van der Waals surface area contributed by atoms with Crippen LogP contribution in [0.1, 0.15) is 165 Å². The highest BCUT2D eigenvalue weighted by atomic mass is 31.0. The lowest BCUT2D eigenvalue weighted by Crippen LogP contribution is -2.36. The maximum Gasteiger partial charge on any atom is 0.333 e. The van der Waals surface area contributed by atoms with E-state index < -0.39 is 0 Å². The number of methoxy groups -OCH3 is 2. The number of allylic oxidation sites excluding steroid dienone is 5. The maximum absolute atomic E-state index is 11.8. The Balaban J connectivity index is -0.000000163. The van der Waals surface area contributed by atoms with Gasteiger partial charge >= 0.3 is 5.97 Å². The Bertz CT molecular complexity index is 1810. The predicted octanol–water partition coefficient (Wildman–Crippen LogP) is 14.5. The molecule has 2 heterocycles. The van der Waals surface area contributed by atoms with Gasteiger partial charge < -0.3 is 14.2 Å². The van der Waals surface area contributed by atoms with Crippen molar-refractivity contribution in [2.24, 2.45) is 5.41 Å². The van der Waals surface area contributed by atoms with Crippen LogP contribution >= 0.6 is 18.5 Å². The van der Waals surface area contributed by atoms with Crippen molar-refractivity contribution in [1.82, 2.24) is 4.90 Å². The molecule has 0 bridgehead atoms. The van der Waals surface area contributed by atoms with Crippen LogP contribution in [0.3, 0.4) is 0 Å². The lowest BCUT2D eigenvalue weighted by atomic mass is 9.92. The van der Waals surface area contributed by atoms with Gasteiger partial charge in [0.05, 0.1) is 33.2 Å². The van der Waals surface area contributed by atoms with Crippen LogP contribution in [0.2, 0.25) is 0 Å². The number of ether oxygens (including phenoxy) is 3. The number of likely N-dealkylation sites (N-methyl/N-ethyl adjacent to an activating group) is 1. The van der Waals surface area contributed by atoms with Gasteiger partial charge in [-0.25, -0.2) is 4.79 Å². The monoisotopic (exact) mass is 946 g/mol. The molecule has 2 aromatic rings. The highest BCUT2D eigenvalue weighted by molar-refractivity contribution is 7.16. The molecule has 65 heavy (non-hydrogen) atoms. The fourth-order valence-electron chi connectivity index (χ4n) is 4.93. The van der Waals surface area contributed by atoms with Gasteiger partial charge in [0.2, 0.25) is 0 Å². The van der Waals surface area contributed by atoms with Gasteiger partial charge in [0.15, 0.2) is 5.78 Å². The molecule has 0 spiro atoms. The third-order valence-electron chi connectivity index (χ3n) is 10.2. The topological polar surface area (TPSA) is 99.2 Å². The number of amides is 2. The summed E-state index contributed by atoms with van der Waals surface area (Å²) in [7, 11) is 10.1. The molecule has 1 fully saturated rings. The highest BCUT2D eigenvalue weighted by Crippen LogP contribution is 2.24. The molecule has 0 aromatic heterocycles. The number of esters is 1. The number of ketones is 1. The molecule has 10 heteroatoms. The third kappa shape index (κ3) is 29.5. The van der Waals surface area contributed by atoms with Gasteiger partial charge in [0.25, 0.3) is 11.8 Å². The smallest absolute Gasteiger partial charge is 0.333 e. The minimum atomic E-state index is -0.241. The Kier molecular flexibility index (Phi) is 43.1. The van der Waals surface area contributed by atoms with Crippen LogP contribution in [0.5, 0.6) is 0 Å². The second kappa shape index (κ2) is 38.4. The van der Waals surface area contributed by atoms with E-state index in [2.05, 4.69) is 62.2 Å². The quantitative estimate of drug-likeness (QED) is 0.0584. The Morgan fingerprint density at radius 2 is 1.09 bits per heavy atom. The van der Waals surface area contributed by atoms with Crippen LogP contribution in [-0.4, -0.2) is 75.3 Å². The van der Waals surface area contributed by atoms with Gasteiger partial charge in [-0.15, -0.1) is 18.5 Å². The molecule has 0 radical (unpaired) electrons. The van der Waals surface area contributed by atoms with E-state index in [4.69, 9.17) is 9.47 Å². The Morgan fingerprint density at radius 3 is 1.35 bits per heavy atom. The van der Waals surface area contributed by atoms with Gasteiger partial charge in [-0.05, 0) is 156 Å². The number of benzene rings is 2. The zero-order chi connectivity index (χ0) is 47.6. The number of carbonyl (C=O) groups excluding carboxylic acids is 4. The number of hydrogen-bond acceptors (Lipinski definition) is 7. The van der Waals surface area contributed by atoms with E-state index in [1.54, 1.807) is 27.9 Å². The number of nitrogens with zero attached hydrogens (tertiary/aromatic N) is 1. The van der Waals surface area contributed by atoms with Crippen LogP contribution in [0.4, 0.5) is 0 Å². The van der Waals surface area contributed by atoms with E-state index in [0.29, 0.717) is 22.1 Å². The van der Waals surface area contributed by atoms with E-state index in [1.807, 2.05) is 86.6 Å². The van der Waals surface area contributed by atoms with Crippen molar-refractivity contribution in [3.63, 3.8) is 0 Å². The SMILES string of the molecule is C.C.C.C.CC(C)=C(C)C(=O)c1ccc(C)cc1.CC1(C)COC1.CC1=C(C)C(=O)N(C)C1=O.COC(=O)C(C)=C(C)C.COC(C)=C(C)C.Cc1cc(CCCP)ccc1CCCP. The number of aryl methyl sites for hydroxylation is 4. The molecular formula is C55H97NO7P2. The molecule has 2 amide bonds. The van der Waals surface area contributed by atoms with E-state index in [0.717, 1.165) is 46.2 Å². The number of hydrogen-bond donors (Lipinski definition) is 0. The number of Topliss-reactive ketones (excluding diaryl/α,β-unsaturated/α-hetero) is 1. The largest absolute Gasteiger partial charge is 0.501 e. The predicted molar refractivity (Wildman–Crippen MR) is 291 cm³/mol. The first-order chi connectivity index (χ1) is 28.3. The molecule has 0 N–H and O–H groups in total. The average molecular weight is 946 g/mol. The summed E-state index contributed by atoms with van der Waals surface area (Å²) in [6.45, 7) is 31.2. The Morgan fingerprint density at radius 1 is 0.662 bits per heavy atom. The van der Waals surface area contributed by atoms with Gasteiger partial charge in [0, 0.05) is 34.7 Å². The lowest BCUT2D eigenvalue weighted by molar-refractivity contribution is -0.137. The van der Waals surface area contributed by atoms with E-state index >= 15 is 0 Å². The molecule has 4 rings (SSSR count). The van der Waals surface area contributed by atoms with Crippen LogP contribution in [0, 0.1) is 19.3 Å². The summed E-state index contributed by atoms with van der Waals surface area (Å²) >= 11 is 0. The van der Waals surface area contributed by atoms with Crippen LogP contribution in [-0.2, 0) is 41.4 Å². The fourth-order valence-corrected chi connectivity index (χ4v) is 5.34. The molecule has 0 aliphatic carbocycles. The molecule has 2 aromatic carbocycles. The molecule has 8 nitrogen and oxygen atoms in total. The van der Waals surface area contributed by atoms with E-state index in [-0.39, 0.29) is 53.3 Å². The van der Waals surface area contributed by atoms with Gasteiger partial charge in [-0.3, -0.25) is 19.3 Å². The number of carbonyl (C=O) groups is 4. The summed E-state index contributed by atoms with van der Waals surface area (Å²) in [6, 6.07) is 14.7. The first-order valence-corrected chi connectivity index (χ1v) is 22.7. The highest BCUT2D eigenvalue weighted by Gasteiger charge is 2.29. The third-order valence-corrected chi connectivity index (χ3v) is 11.0. The number of rotatable bonds is 10. The van der Waals surface area contributed by atoms with Crippen molar-refractivity contribution in [2.75, 3.05) is 46.8 Å². The first-order valence-electron chi connectivity index (χ1n) is 21.1. The molecular weight excluding hydrogens is 849 g/mol. The standard InChI is InChI=1S/C13H16O.C13H22P2.C7H9NO2.C7H12O2.C6H12O.C5H10O.4CH4/c1-9(2)11(4)13(14)12-7-5-10(3)6-8-12;1-11-10-12(4-2-8-14)6-7-13(11)5-3-9-15;1-4-5(2)7(10)8(3)6(4)9;1-5(2)6(3)7(8)9-4;1-5(2)6(3)7-4;1-5(2)3-6-4-5;;;;/h5-8H,1-4H3;6-7,10H,2-5,8-9,14-15H2,1H3;1-3H3;1-4H3;1-4H3;3-4H2,1-2H3;4*1H4. The molecule has 2 aliphatic rings. The van der Waals surface area contributed by atoms with Crippen LogP contribution in [0.15, 0.2) is 87.2 Å². The van der Waals surface area contributed by atoms with Crippen molar-refractivity contribution in [1.29, 1.82) is 0 Å². The van der Waals surface area contributed by atoms with Crippen molar-refractivity contribution < 1.29 is 33.4 Å². The first kappa shape index (κ1) is 72.9. The Hall–Kier alpha value is -3.70. The maximum atomic E-state index is 11.8. The average Bonchev–Trinajstić information content (AvgIpc) is 3.38. The summed E-state index contributed by atoms with van der Waals surface area (Å²) < 4.78 is 14.3. The molecule has 374 valence electrons. The minimum Gasteiger partial charge on any atom is -0.501 e. The van der Waals surface area contributed by atoms with Gasteiger partial charge in [-0.2, -0.15) is 0 Å². The summed E-state index contributed by atoms with van der Waals surface area (Å²) in [4.78, 5) is 45.6. The molecule has 2 aliphatic heterocycles. The summed E-state index contributed by atoms with van der Waals surface area (Å²) in [6.07, 6.45) is 7.39. The van der Waals surface area contributed by atoms with E-state index in [9.17, 15) is 19.2 Å². The fraction of sp³-hybridized carbons (Fsp3) is 0.564. The van der Waals surface area contributed by atoms with Gasteiger partial charge in [-0.1, -0.05) is 103 Å². The van der Waals surface area contributed by atoms with Crippen LogP contribution in [0.25, 0.3) is 0 Å². The van der Waals surface area contributed by atoms with Crippen LogP contribution < -0.4 is 0 Å². The minimum absolute atomic E-state index is 0. The van der Waals surface area contributed by atoms with Crippen molar-refractivity contribution in [3.8, 4) is 0 Å². The zero-order valence-corrected chi connectivity index (χ0v) is 43.5. The zero-order valence-electron chi connectivity index (χ0n) is 41.2. The lowest BCUT2D eigenvalue weighted by Gasteiger charge is -2.33. The molecule has 2 unspecified atom stereocenters. The Labute approximate surface area is 405 Å². The summed E-state index contributed by atoms with van der Waals surface area (Å²) in [5.74, 6) is 0.546. The second-order valence-electron chi connectivity index (χ2n) is 16.8. The second-order valence-corrected chi connectivity index (χ2v) is 18.0. The van der Waals surface area contributed by atoms with Crippen molar-refractivity contribution in [3.05, 3.63) is 115 Å². The molecule has 2 atom stereocenters. The number of imide groups is 1. The normalized spacial score (nSPS) is 12.2. The van der Waals surface area contributed by atoms with Gasteiger partial charge in [0.1, 0.15) is 0 Å².